The first-order chi connectivity index (χ1) is 60.9. The van der Waals surface area contributed by atoms with E-state index in [0.717, 1.165) is 60.2 Å². The van der Waals surface area contributed by atoms with E-state index >= 15 is 0 Å². The molecule has 0 bridgehead atoms. The first-order valence-electron chi connectivity index (χ1n) is 41.3. The molecule has 1 aliphatic carbocycles. The predicted molar refractivity (Wildman–Crippen MR) is 516 cm³/mol. The minimum Gasteiger partial charge on any atom is -0.480 e. The molecule has 24 heteroatoms. The van der Waals surface area contributed by atoms with Gasteiger partial charge in [0.2, 0.25) is 0 Å². The number of para-hydroxylation sites is 1. The lowest BCUT2D eigenvalue weighted by Gasteiger charge is -2.21. The van der Waals surface area contributed by atoms with E-state index < -0.39 is 29.8 Å². The van der Waals surface area contributed by atoms with Crippen molar-refractivity contribution in [3.8, 4) is 11.1 Å². The Morgan fingerprint density at radius 3 is 1.28 bits per heavy atom. The van der Waals surface area contributed by atoms with E-state index in [1.54, 1.807) is 85.0 Å². The number of aromatic nitrogens is 5. The van der Waals surface area contributed by atoms with Gasteiger partial charge in [0.25, 0.3) is 0 Å². The van der Waals surface area contributed by atoms with Crippen molar-refractivity contribution in [2.75, 3.05) is 0 Å². The van der Waals surface area contributed by atoms with Gasteiger partial charge >= 0.3 is 29.8 Å². The predicted octanol–water partition coefficient (Wildman–Crippen LogP) is 22.4. The minimum absolute atomic E-state index is 0.00819. The molecule has 127 heavy (non-hydrogen) atoms. The number of nitrogens with zero attached hydrogens (tertiary/aromatic N) is 5. The number of pyridine rings is 5. The van der Waals surface area contributed by atoms with Crippen LogP contribution in [-0.4, -0.2) is 78.2 Å². The van der Waals surface area contributed by atoms with Crippen molar-refractivity contribution in [1.29, 1.82) is 0 Å². The quantitative estimate of drug-likeness (QED) is 0.0418. The Bertz CT molecular complexity index is 7660. The monoisotopic (exact) mass is 1860 g/mol. The third kappa shape index (κ3) is 20.0. The van der Waals surface area contributed by atoms with Crippen LogP contribution in [0.5, 0.6) is 0 Å². The summed E-state index contributed by atoms with van der Waals surface area (Å²) in [4.78, 5) is 121. The zero-order valence-electron chi connectivity index (χ0n) is 69.9. The standard InChI is InChI=1S/C25H23NO3.C24H27NO3.C23H17NO3.C16H12BrNO3.C15H8BrCl2NO3/c1-15(2)17-5-7-18(8-6-17)19-9-11-22-21(13-19)25(29)20-10-4-16(3)12-23(20)26(22)14-24(27)28;1-16-7-11-19-22(13-16)25(15-23(26)27)21-12-10-18(14-20(21)24(19)28)9-8-17-5-3-2-4-6-17;25-22(26)15-24-20-9-5-4-8-18(20)23(27)19-14-17(12-13-21(19)24)11-10-16-6-2-1-3-7-16;1-9-2-4-11-14(6-9)18(8-15(19)20)13-5-3-10(17)7-12(13)16(11)21;16-7-1-2-8-11(5-7)19(6-12(20)21)14-9(15(8)22)3-4-10(17)13(14)18/h4-13,15H,14H2,1-3H3,(H,27,28);7,10-14,17H,2-6,8-9,15H2,1H3,(H,26,27);1-14H,15H2,(H,25,26);2-7H,8H2,1H3,(H,19,20);1-5H,6H2,(H,20,21)/b;;11-10-;;. The number of hydrogen-bond acceptors (Lipinski definition) is 10. The summed E-state index contributed by atoms with van der Waals surface area (Å²) >= 11 is 18.9. The summed E-state index contributed by atoms with van der Waals surface area (Å²) in [6.07, 6.45) is 12.8. The fourth-order valence-corrected chi connectivity index (χ4v) is 17.9. The maximum absolute atomic E-state index is 13.2. The topological polar surface area (TPSA) is 296 Å². The Labute approximate surface area is 753 Å². The largest absolute Gasteiger partial charge is 0.480 e. The van der Waals surface area contributed by atoms with Gasteiger partial charge in [0, 0.05) is 62.8 Å². The van der Waals surface area contributed by atoms with Gasteiger partial charge in [-0.05, 0) is 229 Å². The molecule has 0 spiro atoms. The van der Waals surface area contributed by atoms with E-state index in [9.17, 15) is 73.5 Å². The Balaban J connectivity index is 0.000000129. The fourth-order valence-electron chi connectivity index (χ4n) is 16.8. The Morgan fingerprint density at radius 1 is 0.362 bits per heavy atom. The molecule has 0 unspecified atom stereocenters. The van der Waals surface area contributed by atoms with Gasteiger partial charge in [-0.2, -0.15) is 0 Å². The molecule has 5 heterocycles. The van der Waals surface area contributed by atoms with Gasteiger partial charge < -0.3 is 48.4 Å². The summed E-state index contributed by atoms with van der Waals surface area (Å²) in [6, 6.07) is 72.7. The third-order valence-electron chi connectivity index (χ3n) is 23.0. The molecule has 1 fully saturated rings. The lowest BCUT2D eigenvalue weighted by atomic mass is 9.85. The molecular weight excluding hydrogens is 1780 g/mol. The van der Waals surface area contributed by atoms with Gasteiger partial charge in [0.15, 0.2) is 27.1 Å². The first-order valence-corrected chi connectivity index (χ1v) is 43.6. The molecule has 17 aromatic rings. The molecule has 1 aliphatic rings. The number of carboxylic acids is 5. The molecule has 0 saturated heterocycles. The highest BCUT2D eigenvalue weighted by Gasteiger charge is 2.23. The number of hydrogen-bond donors (Lipinski definition) is 5. The lowest BCUT2D eigenvalue weighted by molar-refractivity contribution is -0.138. The normalized spacial score (nSPS) is 12.2. The minimum atomic E-state index is -1.04. The van der Waals surface area contributed by atoms with E-state index in [1.165, 1.54) is 60.3 Å². The molecule has 18 rings (SSSR count). The van der Waals surface area contributed by atoms with Crippen molar-refractivity contribution in [2.24, 2.45) is 5.92 Å². The second-order valence-electron chi connectivity index (χ2n) is 32.1. The average molecular weight is 1870 g/mol. The van der Waals surface area contributed by atoms with Crippen LogP contribution < -0.4 is 27.1 Å². The maximum Gasteiger partial charge on any atom is 0.323 e. The number of carbonyl (C=O) groups is 5. The molecule has 0 radical (unpaired) electrons. The van der Waals surface area contributed by atoms with E-state index in [-0.39, 0.29) is 69.9 Å². The molecule has 5 aromatic heterocycles. The van der Waals surface area contributed by atoms with E-state index in [4.69, 9.17) is 23.2 Å². The molecule has 5 N–H and O–H groups in total. The van der Waals surface area contributed by atoms with Crippen LogP contribution in [0, 0.1) is 26.7 Å². The van der Waals surface area contributed by atoms with Gasteiger partial charge in [-0.3, -0.25) is 47.9 Å². The van der Waals surface area contributed by atoms with Crippen LogP contribution in [0.15, 0.2) is 270 Å². The van der Waals surface area contributed by atoms with Crippen molar-refractivity contribution in [1.82, 2.24) is 22.8 Å². The second kappa shape index (κ2) is 39.0. The van der Waals surface area contributed by atoms with Crippen LogP contribution in [0.1, 0.15) is 97.2 Å². The molecule has 20 nitrogen and oxygen atoms in total. The Kier molecular flexibility index (Phi) is 27.6. The highest BCUT2D eigenvalue weighted by molar-refractivity contribution is 9.10. The van der Waals surface area contributed by atoms with Gasteiger partial charge in [0.1, 0.15) is 32.7 Å². The molecule has 1 saturated carbocycles. The first kappa shape index (κ1) is 89.9. The summed E-state index contributed by atoms with van der Waals surface area (Å²) in [6.45, 7) is 9.05. The highest BCUT2D eigenvalue weighted by atomic mass is 79.9. The summed E-state index contributed by atoms with van der Waals surface area (Å²) in [7, 11) is 0. The highest BCUT2D eigenvalue weighted by Crippen LogP contribution is 2.36. The zero-order valence-corrected chi connectivity index (χ0v) is 74.6. The van der Waals surface area contributed by atoms with E-state index in [1.807, 2.05) is 166 Å². The van der Waals surface area contributed by atoms with Crippen LogP contribution >= 0.6 is 55.1 Å². The van der Waals surface area contributed by atoms with Crippen LogP contribution in [0.25, 0.3) is 132 Å². The van der Waals surface area contributed by atoms with Crippen LogP contribution in [-0.2, 0) is 63.1 Å². The Morgan fingerprint density at radius 2 is 0.748 bits per heavy atom. The van der Waals surface area contributed by atoms with Crippen LogP contribution in [0.2, 0.25) is 10.0 Å². The van der Waals surface area contributed by atoms with E-state index in [0.29, 0.717) is 115 Å². The maximum atomic E-state index is 13.2. The number of halogens is 4. The van der Waals surface area contributed by atoms with Crippen molar-refractivity contribution in [2.45, 2.75) is 118 Å². The summed E-state index contributed by atoms with van der Waals surface area (Å²) in [5.41, 5.74) is 14.9. The van der Waals surface area contributed by atoms with Crippen molar-refractivity contribution < 1.29 is 49.5 Å². The molecule has 12 aromatic carbocycles. The van der Waals surface area contributed by atoms with Gasteiger partial charge in [-0.1, -0.05) is 216 Å². The van der Waals surface area contributed by atoms with Gasteiger partial charge in [0.05, 0.1) is 65.2 Å². The zero-order chi connectivity index (χ0) is 90.3. The second-order valence-corrected chi connectivity index (χ2v) is 34.7. The fraction of sp³-hybridized carbons (Fsp3) is 0.184. The molecular formula is C103H87Br2Cl2N5O15. The molecule has 642 valence electrons. The van der Waals surface area contributed by atoms with Crippen LogP contribution in [0.4, 0.5) is 0 Å². The number of aryl methyl sites for hydroxylation is 4. The SMILES string of the molecule is Cc1ccc2c(=O)c3cc(-c4ccc(C(C)C)cc4)ccc3n(CC(=O)O)c2c1.Cc1ccc2c(=O)c3cc(Br)ccc3n(CC(=O)O)c2c1.Cc1ccc2c(=O)c3cc(CCC4CCCCC4)ccc3n(CC(=O)O)c2c1.O=C(O)Cn1c2cc(Br)ccc2c(=O)c2ccc(Cl)c(Cl)c21.O=C(O)Cn1c2ccccc2c(=O)c2cc(/C=C\c3ccccc3)ccc21. The van der Waals surface area contributed by atoms with Crippen molar-refractivity contribution in [3.05, 3.63) is 346 Å². The van der Waals surface area contributed by atoms with Gasteiger partial charge in [-0.25, -0.2) is 0 Å². The average Bonchev–Trinajstić information content (AvgIpc) is 0.768. The van der Waals surface area contributed by atoms with E-state index in [2.05, 4.69) is 76.0 Å². The number of benzene rings is 12. The van der Waals surface area contributed by atoms with Crippen molar-refractivity contribution in [3.63, 3.8) is 0 Å². The smallest absolute Gasteiger partial charge is 0.323 e. The number of rotatable bonds is 17. The molecule has 0 atom stereocenters. The summed E-state index contributed by atoms with van der Waals surface area (Å²) in [5, 5.41) is 52.1. The van der Waals surface area contributed by atoms with Crippen molar-refractivity contribution >= 4 is 206 Å². The summed E-state index contributed by atoms with van der Waals surface area (Å²) < 4.78 is 9.84. The molecule has 0 aliphatic heterocycles. The number of carboxylic acid groups (broad SMARTS) is 5. The lowest BCUT2D eigenvalue weighted by Crippen LogP contribution is -2.16. The van der Waals surface area contributed by atoms with Crippen LogP contribution in [0.3, 0.4) is 0 Å². The Hall–Kier alpha value is -13.4. The third-order valence-corrected chi connectivity index (χ3v) is 24.8. The van der Waals surface area contributed by atoms with Gasteiger partial charge in [-0.15, -0.1) is 0 Å². The molecule has 0 amide bonds. The summed E-state index contributed by atoms with van der Waals surface area (Å²) in [5.74, 6) is -3.52. The number of fused-ring (bicyclic) bond motifs is 10. The number of aliphatic carboxylic acids is 5.